The highest BCUT2D eigenvalue weighted by atomic mass is 14.9. The van der Waals surface area contributed by atoms with E-state index in [4.69, 9.17) is 0 Å². The molecule has 2 aliphatic rings. The highest BCUT2D eigenvalue weighted by Gasteiger charge is 2.48. The van der Waals surface area contributed by atoms with Gasteiger partial charge in [-0.15, -0.1) is 0 Å². The molecule has 3 unspecified atom stereocenters. The summed E-state index contributed by atoms with van der Waals surface area (Å²) in [7, 11) is 2.14. The zero-order valence-electron chi connectivity index (χ0n) is 13.0. The Morgan fingerprint density at radius 1 is 0.947 bits per heavy atom. The molecule has 3 rings (SSSR count). The van der Waals surface area contributed by atoms with Gasteiger partial charge in [0.2, 0.25) is 0 Å². The maximum absolute atomic E-state index is 3.64. The molecule has 104 valence electrons. The van der Waals surface area contributed by atoms with Crippen LogP contribution in [-0.4, -0.2) is 7.05 Å². The molecule has 3 atom stereocenters. The van der Waals surface area contributed by atoms with E-state index in [1.54, 1.807) is 5.56 Å². The van der Waals surface area contributed by atoms with Crippen LogP contribution < -0.4 is 5.32 Å². The van der Waals surface area contributed by atoms with Crippen molar-refractivity contribution in [2.75, 3.05) is 7.05 Å². The number of rotatable bonds is 3. The molecular weight excluding hydrogens is 230 g/mol. The first-order valence-electron chi connectivity index (χ1n) is 7.77. The van der Waals surface area contributed by atoms with Gasteiger partial charge in [0.25, 0.3) is 0 Å². The molecule has 0 amide bonds. The highest BCUT2D eigenvalue weighted by Crippen LogP contribution is 2.57. The molecule has 0 spiro atoms. The van der Waals surface area contributed by atoms with Crippen molar-refractivity contribution < 1.29 is 0 Å². The van der Waals surface area contributed by atoms with Crippen molar-refractivity contribution in [2.24, 2.45) is 17.8 Å². The Morgan fingerprint density at radius 3 is 1.95 bits per heavy atom. The molecule has 0 bridgehead atoms. The maximum atomic E-state index is 3.64. The van der Waals surface area contributed by atoms with Gasteiger partial charge in [0.05, 0.1) is 0 Å². The fraction of sp³-hybridized carbons (Fsp3) is 0.667. The second-order valence-electron chi connectivity index (χ2n) is 6.93. The average Bonchev–Trinajstić information content (AvgIpc) is 2.99. The first-order valence-corrected chi connectivity index (χ1v) is 7.77. The van der Waals surface area contributed by atoms with Gasteiger partial charge in [-0.05, 0) is 99.6 Å². The minimum atomic E-state index is 0.561. The Hall–Kier alpha value is -0.820. The van der Waals surface area contributed by atoms with Crippen molar-refractivity contribution in [3.8, 4) is 0 Å². The van der Waals surface area contributed by atoms with Crippen LogP contribution in [0.2, 0.25) is 0 Å². The van der Waals surface area contributed by atoms with Gasteiger partial charge < -0.3 is 5.32 Å². The standard InChI is InChI=1S/C18H27N/c1-10-6-11(2)13(4)17(12(10)3)18(19-5)16-8-14-7-15(14)9-16/h6,14-16,18-19H,7-9H2,1-5H3. The summed E-state index contributed by atoms with van der Waals surface area (Å²) in [6.45, 7) is 9.11. The van der Waals surface area contributed by atoms with Crippen LogP contribution >= 0.6 is 0 Å². The van der Waals surface area contributed by atoms with Gasteiger partial charge in [0.1, 0.15) is 0 Å². The number of nitrogens with one attached hydrogen (secondary N) is 1. The smallest absolute Gasteiger partial charge is 0.0351 e. The lowest BCUT2D eigenvalue weighted by Gasteiger charge is -2.29. The molecule has 1 heteroatoms. The largest absolute Gasteiger partial charge is 0.313 e. The van der Waals surface area contributed by atoms with E-state index in [1.807, 2.05) is 0 Å². The minimum absolute atomic E-state index is 0.561. The summed E-state index contributed by atoms with van der Waals surface area (Å²) in [5, 5.41) is 3.64. The molecule has 19 heavy (non-hydrogen) atoms. The van der Waals surface area contributed by atoms with Crippen LogP contribution in [0, 0.1) is 45.4 Å². The molecule has 0 saturated heterocycles. The molecule has 0 radical (unpaired) electrons. The molecule has 1 aromatic carbocycles. The van der Waals surface area contributed by atoms with Crippen LogP contribution in [-0.2, 0) is 0 Å². The number of fused-ring (bicyclic) bond motifs is 1. The van der Waals surface area contributed by atoms with Crippen molar-refractivity contribution in [3.05, 3.63) is 33.9 Å². The van der Waals surface area contributed by atoms with E-state index in [9.17, 15) is 0 Å². The molecule has 2 aliphatic carbocycles. The van der Waals surface area contributed by atoms with Crippen molar-refractivity contribution in [2.45, 2.75) is 53.0 Å². The third-order valence-electron chi connectivity index (χ3n) is 5.80. The molecule has 0 aliphatic heterocycles. The average molecular weight is 257 g/mol. The first kappa shape index (κ1) is 13.2. The topological polar surface area (TPSA) is 12.0 Å². The van der Waals surface area contributed by atoms with E-state index in [0.717, 1.165) is 17.8 Å². The van der Waals surface area contributed by atoms with Crippen molar-refractivity contribution in [1.82, 2.24) is 5.32 Å². The molecule has 2 saturated carbocycles. The van der Waals surface area contributed by atoms with E-state index < -0.39 is 0 Å². The fourth-order valence-electron chi connectivity index (χ4n) is 4.36. The number of hydrogen-bond donors (Lipinski definition) is 1. The molecular formula is C18H27N. The third kappa shape index (κ3) is 2.12. The van der Waals surface area contributed by atoms with Crippen LogP contribution in [0.3, 0.4) is 0 Å². The quantitative estimate of drug-likeness (QED) is 0.854. The summed E-state index contributed by atoms with van der Waals surface area (Å²) in [4.78, 5) is 0. The van der Waals surface area contributed by atoms with Gasteiger partial charge in [-0.1, -0.05) is 6.07 Å². The Labute approximate surface area is 117 Å². The second-order valence-corrected chi connectivity index (χ2v) is 6.93. The summed E-state index contributed by atoms with van der Waals surface area (Å²) < 4.78 is 0. The van der Waals surface area contributed by atoms with Gasteiger partial charge in [0, 0.05) is 6.04 Å². The Balaban J connectivity index is 1.98. The summed E-state index contributed by atoms with van der Waals surface area (Å²) in [5.41, 5.74) is 7.49. The summed E-state index contributed by atoms with van der Waals surface area (Å²) in [5.74, 6) is 2.98. The van der Waals surface area contributed by atoms with Crippen LogP contribution in [0.4, 0.5) is 0 Å². The first-order chi connectivity index (χ1) is 9.02. The van der Waals surface area contributed by atoms with Gasteiger partial charge in [-0.2, -0.15) is 0 Å². The number of benzene rings is 1. The highest BCUT2D eigenvalue weighted by molar-refractivity contribution is 5.46. The van der Waals surface area contributed by atoms with E-state index >= 15 is 0 Å². The SMILES string of the molecule is CNC(c1c(C)c(C)cc(C)c1C)C1CC2CC2C1. The summed E-state index contributed by atoms with van der Waals surface area (Å²) >= 11 is 0. The summed E-state index contributed by atoms with van der Waals surface area (Å²) in [6, 6.07) is 2.90. The van der Waals surface area contributed by atoms with Gasteiger partial charge in [-0.3, -0.25) is 0 Å². The Bertz CT molecular complexity index is 467. The molecule has 0 heterocycles. The summed E-state index contributed by atoms with van der Waals surface area (Å²) in [6.07, 6.45) is 4.40. The van der Waals surface area contributed by atoms with E-state index in [1.165, 1.54) is 41.5 Å². The van der Waals surface area contributed by atoms with Crippen LogP contribution in [0.25, 0.3) is 0 Å². The number of hydrogen-bond acceptors (Lipinski definition) is 1. The van der Waals surface area contributed by atoms with E-state index in [0.29, 0.717) is 6.04 Å². The number of aryl methyl sites for hydroxylation is 2. The van der Waals surface area contributed by atoms with Crippen LogP contribution in [0.5, 0.6) is 0 Å². The lowest BCUT2D eigenvalue weighted by molar-refractivity contribution is 0.357. The predicted molar refractivity (Wildman–Crippen MR) is 81.5 cm³/mol. The van der Waals surface area contributed by atoms with Crippen LogP contribution in [0.1, 0.15) is 53.1 Å². The monoisotopic (exact) mass is 257 g/mol. The fourth-order valence-corrected chi connectivity index (χ4v) is 4.36. The van der Waals surface area contributed by atoms with Gasteiger partial charge in [0.15, 0.2) is 0 Å². The molecule has 1 nitrogen and oxygen atoms in total. The second kappa shape index (κ2) is 4.63. The van der Waals surface area contributed by atoms with Crippen molar-refractivity contribution in [3.63, 3.8) is 0 Å². The minimum Gasteiger partial charge on any atom is -0.313 e. The molecule has 1 aromatic rings. The van der Waals surface area contributed by atoms with Crippen molar-refractivity contribution in [1.29, 1.82) is 0 Å². The lowest BCUT2D eigenvalue weighted by atomic mass is 9.82. The Morgan fingerprint density at radius 2 is 1.47 bits per heavy atom. The predicted octanol–water partition coefficient (Wildman–Crippen LogP) is 4.23. The molecule has 0 aromatic heterocycles. The Kier molecular flexibility index (Phi) is 3.21. The lowest BCUT2D eigenvalue weighted by Crippen LogP contribution is -2.26. The zero-order chi connectivity index (χ0) is 13.7. The van der Waals surface area contributed by atoms with E-state index in [2.05, 4.69) is 46.1 Å². The zero-order valence-corrected chi connectivity index (χ0v) is 13.0. The van der Waals surface area contributed by atoms with E-state index in [-0.39, 0.29) is 0 Å². The third-order valence-corrected chi connectivity index (χ3v) is 5.80. The molecule has 2 fully saturated rings. The van der Waals surface area contributed by atoms with Gasteiger partial charge >= 0.3 is 0 Å². The van der Waals surface area contributed by atoms with Crippen LogP contribution in [0.15, 0.2) is 6.07 Å². The molecule has 1 N–H and O–H groups in total. The normalized spacial score (nSPS) is 30.3. The maximum Gasteiger partial charge on any atom is 0.0351 e. The van der Waals surface area contributed by atoms with Gasteiger partial charge in [-0.25, -0.2) is 0 Å². The van der Waals surface area contributed by atoms with Crippen molar-refractivity contribution >= 4 is 0 Å².